The van der Waals surface area contributed by atoms with Crippen LogP contribution in [0.1, 0.15) is 12.5 Å². The maximum Gasteiger partial charge on any atom is 0.241 e. The van der Waals surface area contributed by atoms with Crippen molar-refractivity contribution in [3.05, 3.63) is 58.1 Å². The molecule has 0 unspecified atom stereocenters. The highest BCUT2D eigenvalue weighted by molar-refractivity contribution is 6.42. The molecule has 0 aromatic heterocycles. The third kappa shape index (κ3) is 4.63. The van der Waals surface area contributed by atoms with Crippen LogP contribution in [0.25, 0.3) is 0 Å². The number of carbonyl (C=O) groups excluding carboxylic acids is 1. The maximum atomic E-state index is 12.5. The lowest BCUT2D eigenvalue weighted by atomic mass is 10.2. The zero-order chi connectivity index (χ0) is 17.7. The van der Waals surface area contributed by atoms with E-state index in [1.165, 1.54) is 0 Å². The Morgan fingerprint density at radius 2 is 1.92 bits per heavy atom. The number of ether oxygens (including phenoxy) is 1. The number of hydrogen-bond donors (Lipinski definition) is 1. The van der Waals surface area contributed by atoms with Crippen LogP contribution in [0.15, 0.2) is 42.5 Å². The summed E-state index contributed by atoms with van der Waals surface area (Å²) in [7, 11) is 3.46. The molecule has 0 bridgehead atoms. The average Bonchev–Trinajstić information content (AvgIpc) is 2.57. The van der Waals surface area contributed by atoms with Crippen molar-refractivity contribution in [1.82, 2.24) is 4.90 Å². The van der Waals surface area contributed by atoms with E-state index >= 15 is 0 Å². The van der Waals surface area contributed by atoms with Gasteiger partial charge in [-0.3, -0.25) is 9.69 Å². The highest BCUT2D eigenvalue weighted by Crippen LogP contribution is 2.25. The van der Waals surface area contributed by atoms with Crippen molar-refractivity contribution in [1.29, 1.82) is 0 Å². The van der Waals surface area contributed by atoms with Gasteiger partial charge >= 0.3 is 0 Å². The number of nitrogens with one attached hydrogen (secondary N) is 1. The molecule has 0 saturated heterocycles. The Hall–Kier alpha value is -1.75. The number of likely N-dealkylation sites (N-methyl/N-ethyl adjacent to an activating group) is 1. The van der Waals surface area contributed by atoms with Gasteiger partial charge in [-0.1, -0.05) is 41.4 Å². The van der Waals surface area contributed by atoms with E-state index in [-0.39, 0.29) is 11.9 Å². The summed E-state index contributed by atoms with van der Waals surface area (Å²) in [6, 6.07) is 12.5. The summed E-state index contributed by atoms with van der Waals surface area (Å²) in [6.07, 6.45) is 0. The second kappa shape index (κ2) is 8.38. The van der Waals surface area contributed by atoms with Crippen molar-refractivity contribution in [3.8, 4) is 5.75 Å². The van der Waals surface area contributed by atoms with Crippen LogP contribution in [-0.2, 0) is 11.3 Å². The van der Waals surface area contributed by atoms with Crippen LogP contribution >= 0.6 is 23.2 Å². The molecule has 4 nitrogen and oxygen atoms in total. The highest BCUT2D eigenvalue weighted by atomic mass is 35.5. The minimum atomic E-state index is -0.329. The van der Waals surface area contributed by atoms with Crippen LogP contribution in [0, 0.1) is 0 Å². The Labute approximate surface area is 152 Å². The lowest BCUT2D eigenvalue weighted by Gasteiger charge is -2.24. The quantitative estimate of drug-likeness (QED) is 0.820. The average molecular weight is 367 g/mol. The molecular weight excluding hydrogens is 347 g/mol. The van der Waals surface area contributed by atoms with E-state index in [0.717, 1.165) is 5.56 Å². The number of methoxy groups -OCH3 is 1. The molecule has 2 aromatic carbocycles. The van der Waals surface area contributed by atoms with Crippen molar-refractivity contribution < 1.29 is 9.53 Å². The first-order valence-corrected chi connectivity index (χ1v) is 8.26. The summed E-state index contributed by atoms with van der Waals surface area (Å²) in [5, 5.41) is 3.92. The van der Waals surface area contributed by atoms with E-state index in [2.05, 4.69) is 5.32 Å². The van der Waals surface area contributed by atoms with E-state index in [1.807, 2.05) is 49.2 Å². The first-order valence-electron chi connectivity index (χ1n) is 7.50. The normalized spacial score (nSPS) is 12.1. The zero-order valence-electron chi connectivity index (χ0n) is 13.8. The summed E-state index contributed by atoms with van der Waals surface area (Å²) < 4.78 is 5.25. The third-order valence-electron chi connectivity index (χ3n) is 3.82. The van der Waals surface area contributed by atoms with E-state index < -0.39 is 0 Å². The van der Waals surface area contributed by atoms with Gasteiger partial charge in [-0.15, -0.1) is 0 Å². The molecule has 24 heavy (non-hydrogen) atoms. The number of para-hydroxylation sites is 2. The molecule has 1 atom stereocenters. The summed E-state index contributed by atoms with van der Waals surface area (Å²) in [4.78, 5) is 14.4. The smallest absolute Gasteiger partial charge is 0.241 e. The predicted molar refractivity (Wildman–Crippen MR) is 99.0 cm³/mol. The van der Waals surface area contributed by atoms with Gasteiger partial charge < -0.3 is 10.1 Å². The number of rotatable bonds is 6. The first kappa shape index (κ1) is 18.6. The van der Waals surface area contributed by atoms with Gasteiger partial charge in [0, 0.05) is 6.54 Å². The molecule has 1 N–H and O–H groups in total. The van der Waals surface area contributed by atoms with E-state index in [9.17, 15) is 4.79 Å². The van der Waals surface area contributed by atoms with Crippen LogP contribution in [-0.4, -0.2) is 31.0 Å². The van der Waals surface area contributed by atoms with Gasteiger partial charge in [0.25, 0.3) is 0 Å². The number of hydrogen-bond acceptors (Lipinski definition) is 3. The Bertz CT molecular complexity index is 722. The number of nitrogens with zero attached hydrogens (tertiary/aromatic N) is 1. The van der Waals surface area contributed by atoms with Gasteiger partial charge in [0.15, 0.2) is 0 Å². The predicted octanol–water partition coefficient (Wildman–Crippen LogP) is 4.46. The molecule has 0 saturated carbocycles. The van der Waals surface area contributed by atoms with E-state index in [0.29, 0.717) is 28.0 Å². The van der Waals surface area contributed by atoms with Crippen molar-refractivity contribution in [3.63, 3.8) is 0 Å². The standard InChI is InChI=1S/C18H20Cl2N2O2/c1-12(18(23)21-16-6-4-5-7-17(16)24-3)22(2)11-13-8-9-14(19)15(20)10-13/h4-10,12H,11H2,1-3H3,(H,21,23)/t12-/m0/s1. The van der Waals surface area contributed by atoms with Crippen LogP contribution in [0.3, 0.4) is 0 Å². The Morgan fingerprint density at radius 3 is 2.58 bits per heavy atom. The molecule has 0 fully saturated rings. The van der Waals surface area contributed by atoms with Crippen LogP contribution in [0.4, 0.5) is 5.69 Å². The molecule has 0 aliphatic rings. The number of carbonyl (C=O) groups is 1. The molecule has 0 aliphatic carbocycles. The lowest BCUT2D eigenvalue weighted by molar-refractivity contribution is -0.120. The number of halogens is 2. The van der Waals surface area contributed by atoms with Crippen molar-refractivity contribution in [2.45, 2.75) is 19.5 Å². The molecule has 2 aromatic rings. The lowest BCUT2D eigenvalue weighted by Crippen LogP contribution is -2.39. The van der Waals surface area contributed by atoms with Gasteiger partial charge in [0.1, 0.15) is 5.75 Å². The molecule has 0 heterocycles. The van der Waals surface area contributed by atoms with E-state index in [4.69, 9.17) is 27.9 Å². The molecule has 6 heteroatoms. The monoisotopic (exact) mass is 366 g/mol. The largest absolute Gasteiger partial charge is 0.495 e. The summed E-state index contributed by atoms with van der Waals surface area (Å²) in [5.41, 5.74) is 1.64. The van der Waals surface area contributed by atoms with Crippen LogP contribution in [0.5, 0.6) is 5.75 Å². The van der Waals surface area contributed by atoms with Crippen LogP contribution in [0.2, 0.25) is 10.0 Å². The van der Waals surface area contributed by atoms with E-state index in [1.54, 1.807) is 19.2 Å². The molecule has 128 valence electrons. The van der Waals surface area contributed by atoms with Gasteiger partial charge in [0.05, 0.1) is 28.9 Å². The fraction of sp³-hybridized carbons (Fsp3) is 0.278. The molecule has 0 radical (unpaired) electrons. The van der Waals surface area contributed by atoms with Gasteiger partial charge in [-0.25, -0.2) is 0 Å². The second-order valence-electron chi connectivity index (χ2n) is 5.53. The SMILES string of the molecule is COc1ccccc1NC(=O)[C@H](C)N(C)Cc1ccc(Cl)c(Cl)c1. The minimum absolute atomic E-state index is 0.109. The topological polar surface area (TPSA) is 41.6 Å². The van der Waals surface area contributed by atoms with Crippen molar-refractivity contribution >= 4 is 34.8 Å². The summed E-state index contributed by atoms with van der Waals surface area (Å²) in [5.74, 6) is 0.521. The molecule has 0 aliphatic heterocycles. The first-order chi connectivity index (χ1) is 11.4. The van der Waals surface area contributed by atoms with Gasteiger partial charge in [0.2, 0.25) is 5.91 Å². The highest BCUT2D eigenvalue weighted by Gasteiger charge is 2.19. The Morgan fingerprint density at radius 1 is 1.21 bits per heavy atom. The number of amides is 1. The molecule has 2 rings (SSSR count). The maximum absolute atomic E-state index is 12.5. The number of anilines is 1. The Kier molecular flexibility index (Phi) is 6.49. The van der Waals surface area contributed by atoms with Gasteiger partial charge in [-0.2, -0.15) is 0 Å². The van der Waals surface area contributed by atoms with Crippen molar-refractivity contribution in [2.24, 2.45) is 0 Å². The summed E-state index contributed by atoms with van der Waals surface area (Å²) in [6.45, 7) is 2.43. The molecule has 0 spiro atoms. The fourth-order valence-electron chi connectivity index (χ4n) is 2.25. The Balaban J connectivity index is 2.02. The molecular formula is C18H20Cl2N2O2. The summed E-state index contributed by atoms with van der Waals surface area (Å²) >= 11 is 12.0. The van der Waals surface area contributed by atoms with Crippen LogP contribution < -0.4 is 10.1 Å². The molecule has 1 amide bonds. The van der Waals surface area contributed by atoms with Crippen molar-refractivity contribution in [2.75, 3.05) is 19.5 Å². The third-order valence-corrected chi connectivity index (χ3v) is 4.56. The minimum Gasteiger partial charge on any atom is -0.495 e. The van der Waals surface area contributed by atoms with Gasteiger partial charge in [-0.05, 0) is 43.8 Å². The zero-order valence-corrected chi connectivity index (χ0v) is 15.4. The second-order valence-corrected chi connectivity index (χ2v) is 6.34. The fourth-order valence-corrected chi connectivity index (χ4v) is 2.57. The number of benzene rings is 2.